The Labute approximate surface area is 183 Å². The maximum Gasteiger partial charge on any atom is 0.261 e. The predicted molar refractivity (Wildman–Crippen MR) is 118 cm³/mol. The van der Waals surface area contributed by atoms with Gasteiger partial charge in [-0.05, 0) is 42.0 Å². The molecule has 0 spiro atoms. The number of benzene rings is 2. The lowest BCUT2D eigenvalue weighted by atomic mass is 9.99. The normalized spacial score (nSPS) is 13.8. The third-order valence-corrected chi connectivity index (χ3v) is 5.48. The molecule has 6 nitrogen and oxygen atoms in total. The molecule has 0 aliphatic carbocycles. The third kappa shape index (κ3) is 5.85. The van der Waals surface area contributed by atoms with Gasteiger partial charge in [0, 0.05) is 26.1 Å². The van der Waals surface area contributed by atoms with Crippen molar-refractivity contribution in [3.05, 3.63) is 65.2 Å². The van der Waals surface area contributed by atoms with Crippen LogP contribution in [0.1, 0.15) is 43.4 Å². The number of hydrogen-bond donors (Lipinski definition) is 1. The van der Waals surface area contributed by atoms with Crippen LogP contribution in [0.5, 0.6) is 5.75 Å². The van der Waals surface area contributed by atoms with Crippen LogP contribution >= 0.6 is 0 Å². The molecule has 2 aromatic rings. The van der Waals surface area contributed by atoms with Crippen molar-refractivity contribution in [2.75, 3.05) is 13.1 Å². The standard InChI is InChI=1S/C25H29N3O3/c1-18(2)24(31-22-11-6-5-9-20(22)16-26)25(30)27-14-7-12-23(29)28-15-13-19-8-3-4-10-21(19)17-28/h3-6,8-11,18,24H,7,12-15,17H2,1-2H3,(H,27,30). The molecule has 0 saturated carbocycles. The van der Waals surface area contributed by atoms with Gasteiger partial charge < -0.3 is 15.0 Å². The van der Waals surface area contributed by atoms with E-state index in [0.717, 1.165) is 13.0 Å². The second-order valence-corrected chi connectivity index (χ2v) is 8.12. The van der Waals surface area contributed by atoms with Crippen molar-refractivity contribution >= 4 is 11.8 Å². The average molecular weight is 420 g/mol. The first-order valence-electron chi connectivity index (χ1n) is 10.8. The maximum absolute atomic E-state index is 12.7. The van der Waals surface area contributed by atoms with Crippen LogP contribution in [0.3, 0.4) is 0 Å². The first kappa shape index (κ1) is 22.4. The van der Waals surface area contributed by atoms with E-state index in [9.17, 15) is 14.9 Å². The summed E-state index contributed by atoms with van der Waals surface area (Å²) in [5.41, 5.74) is 2.93. The van der Waals surface area contributed by atoms with Gasteiger partial charge in [0.05, 0.1) is 5.56 Å². The molecule has 0 bridgehead atoms. The van der Waals surface area contributed by atoms with Crippen LogP contribution < -0.4 is 10.1 Å². The molecule has 31 heavy (non-hydrogen) atoms. The highest BCUT2D eigenvalue weighted by Crippen LogP contribution is 2.21. The maximum atomic E-state index is 12.7. The fraction of sp³-hybridized carbons (Fsp3) is 0.400. The Hall–Kier alpha value is -3.33. The Kier molecular flexibility index (Phi) is 7.66. The van der Waals surface area contributed by atoms with E-state index in [-0.39, 0.29) is 17.7 Å². The van der Waals surface area contributed by atoms with Gasteiger partial charge >= 0.3 is 0 Å². The van der Waals surface area contributed by atoms with E-state index in [0.29, 0.717) is 37.2 Å². The smallest absolute Gasteiger partial charge is 0.261 e. The van der Waals surface area contributed by atoms with Crippen LogP contribution in [0.25, 0.3) is 0 Å². The number of nitrogens with zero attached hydrogens (tertiary/aromatic N) is 2. The molecule has 3 rings (SSSR count). The number of hydrogen-bond acceptors (Lipinski definition) is 4. The van der Waals surface area contributed by atoms with Gasteiger partial charge in [-0.15, -0.1) is 0 Å². The van der Waals surface area contributed by atoms with E-state index in [1.807, 2.05) is 30.9 Å². The lowest BCUT2D eigenvalue weighted by Crippen LogP contribution is -2.42. The van der Waals surface area contributed by atoms with E-state index in [2.05, 4.69) is 23.5 Å². The van der Waals surface area contributed by atoms with Gasteiger partial charge in [-0.1, -0.05) is 50.2 Å². The lowest BCUT2D eigenvalue weighted by Gasteiger charge is -2.29. The van der Waals surface area contributed by atoms with E-state index in [1.165, 1.54) is 11.1 Å². The van der Waals surface area contributed by atoms with E-state index < -0.39 is 6.10 Å². The molecule has 6 heteroatoms. The van der Waals surface area contributed by atoms with Crippen molar-refractivity contribution in [2.24, 2.45) is 5.92 Å². The summed E-state index contributed by atoms with van der Waals surface area (Å²) in [6, 6.07) is 17.2. The Morgan fingerprint density at radius 2 is 1.84 bits per heavy atom. The Morgan fingerprint density at radius 3 is 2.58 bits per heavy atom. The molecule has 0 radical (unpaired) electrons. The first-order chi connectivity index (χ1) is 15.0. The van der Waals surface area contributed by atoms with Crippen LogP contribution in [0, 0.1) is 17.2 Å². The zero-order valence-electron chi connectivity index (χ0n) is 18.1. The number of carbonyl (C=O) groups excluding carboxylic acids is 2. The summed E-state index contributed by atoms with van der Waals surface area (Å²) in [7, 11) is 0. The number of ether oxygens (including phenoxy) is 1. The quantitative estimate of drug-likeness (QED) is 0.665. The molecule has 1 atom stereocenters. The Bertz CT molecular complexity index is 964. The van der Waals surface area contributed by atoms with Crippen molar-refractivity contribution in [3.63, 3.8) is 0 Å². The van der Waals surface area contributed by atoms with Gasteiger partial charge in [-0.2, -0.15) is 5.26 Å². The minimum atomic E-state index is -0.705. The van der Waals surface area contributed by atoms with Crippen LogP contribution in [-0.2, 0) is 22.6 Å². The fourth-order valence-electron chi connectivity index (χ4n) is 3.71. The second kappa shape index (κ2) is 10.6. The van der Waals surface area contributed by atoms with Gasteiger partial charge in [0.1, 0.15) is 11.8 Å². The Morgan fingerprint density at radius 1 is 1.13 bits per heavy atom. The van der Waals surface area contributed by atoms with Gasteiger partial charge in [0.25, 0.3) is 5.91 Å². The molecular weight excluding hydrogens is 390 g/mol. The fourth-order valence-corrected chi connectivity index (χ4v) is 3.71. The molecule has 1 aliphatic rings. The monoisotopic (exact) mass is 419 g/mol. The molecule has 0 fully saturated rings. The number of rotatable bonds is 8. The van der Waals surface area contributed by atoms with Gasteiger partial charge in [0.15, 0.2) is 6.10 Å². The van der Waals surface area contributed by atoms with Gasteiger partial charge in [-0.25, -0.2) is 0 Å². The topological polar surface area (TPSA) is 82.4 Å². The van der Waals surface area contributed by atoms with Crippen molar-refractivity contribution in [3.8, 4) is 11.8 Å². The third-order valence-electron chi connectivity index (χ3n) is 5.48. The second-order valence-electron chi connectivity index (χ2n) is 8.12. The highest BCUT2D eigenvalue weighted by atomic mass is 16.5. The number of para-hydroxylation sites is 1. The zero-order chi connectivity index (χ0) is 22.2. The number of nitriles is 1. The highest BCUT2D eigenvalue weighted by Gasteiger charge is 2.25. The van der Waals surface area contributed by atoms with Crippen LogP contribution in [0.4, 0.5) is 0 Å². The van der Waals surface area contributed by atoms with Crippen molar-refractivity contribution < 1.29 is 14.3 Å². The molecular formula is C25H29N3O3. The highest BCUT2D eigenvalue weighted by molar-refractivity contribution is 5.81. The van der Waals surface area contributed by atoms with Crippen molar-refractivity contribution in [2.45, 2.75) is 45.8 Å². The minimum Gasteiger partial charge on any atom is -0.479 e. The van der Waals surface area contributed by atoms with Crippen LogP contribution in [0.2, 0.25) is 0 Å². The van der Waals surface area contributed by atoms with Gasteiger partial charge in [0.2, 0.25) is 5.91 Å². The number of nitrogens with one attached hydrogen (secondary N) is 1. The van der Waals surface area contributed by atoms with Crippen LogP contribution in [-0.4, -0.2) is 35.9 Å². The summed E-state index contributed by atoms with van der Waals surface area (Å²) in [5, 5.41) is 12.1. The molecule has 0 aromatic heterocycles. The summed E-state index contributed by atoms with van der Waals surface area (Å²) < 4.78 is 5.86. The molecule has 2 amide bonds. The molecule has 1 heterocycles. The summed E-state index contributed by atoms with van der Waals surface area (Å²) in [6.07, 6.45) is 1.15. The molecule has 1 N–H and O–H groups in total. The number of fused-ring (bicyclic) bond motifs is 1. The molecule has 1 aliphatic heterocycles. The van der Waals surface area contributed by atoms with Gasteiger partial charge in [-0.3, -0.25) is 9.59 Å². The largest absolute Gasteiger partial charge is 0.479 e. The Balaban J connectivity index is 1.46. The van der Waals surface area contributed by atoms with E-state index in [1.54, 1.807) is 24.3 Å². The molecule has 0 saturated heterocycles. The SMILES string of the molecule is CC(C)C(Oc1ccccc1C#N)C(=O)NCCCC(=O)N1CCc2ccccc2C1. The minimum absolute atomic E-state index is 0.0678. The molecule has 1 unspecified atom stereocenters. The lowest BCUT2D eigenvalue weighted by molar-refractivity contribution is -0.133. The zero-order valence-corrected chi connectivity index (χ0v) is 18.1. The van der Waals surface area contributed by atoms with Crippen LogP contribution in [0.15, 0.2) is 48.5 Å². The number of carbonyl (C=O) groups is 2. The van der Waals surface area contributed by atoms with E-state index >= 15 is 0 Å². The predicted octanol–water partition coefficient (Wildman–Crippen LogP) is 3.44. The summed E-state index contributed by atoms with van der Waals surface area (Å²) in [6.45, 7) is 5.60. The first-order valence-corrected chi connectivity index (χ1v) is 10.8. The molecule has 2 aromatic carbocycles. The summed E-state index contributed by atoms with van der Waals surface area (Å²) >= 11 is 0. The number of amides is 2. The average Bonchev–Trinajstić information content (AvgIpc) is 2.79. The summed E-state index contributed by atoms with van der Waals surface area (Å²) in [5.74, 6) is 0.214. The van der Waals surface area contributed by atoms with E-state index in [4.69, 9.17) is 4.74 Å². The molecule has 162 valence electrons. The summed E-state index contributed by atoms with van der Waals surface area (Å²) in [4.78, 5) is 27.1. The van der Waals surface area contributed by atoms with Crippen molar-refractivity contribution in [1.82, 2.24) is 10.2 Å². The van der Waals surface area contributed by atoms with Crippen molar-refractivity contribution in [1.29, 1.82) is 5.26 Å².